The predicted molar refractivity (Wildman–Crippen MR) is 89.2 cm³/mol. The molecule has 1 aromatic carbocycles. The van der Waals surface area contributed by atoms with Crippen molar-refractivity contribution in [2.75, 3.05) is 13.7 Å². The highest BCUT2D eigenvalue weighted by Gasteiger charge is 2.04. The van der Waals surface area contributed by atoms with Crippen LogP contribution in [0.25, 0.3) is 0 Å². The Bertz CT molecular complexity index is 642. The van der Waals surface area contributed by atoms with Gasteiger partial charge in [-0.3, -0.25) is 0 Å². The molecule has 2 rings (SSSR count). The summed E-state index contributed by atoms with van der Waals surface area (Å²) < 4.78 is 10.7. The topological polar surface area (TPSA) is 92.7 Å². The molecule has 3 N–H and O–H groups in total. The minimum atomic E-state index is -0.577. The molecule has 0 spiro atoms. The zero-order valence-electron chi connectivity index (χ0n) is 13.7. The van der Waals surface area contributed by atoms with Crippen molar-refractivity contribution >= 4 is 6.03 Å². The zero-order chi connectivity index (χ0) is 17.4. The number of hydrogen-bond acceptors (Lipinski definition) is 5. The number of rotatable bonds is 7. The van der Waals surface area contributed by atoms with Crippen LogP contribution in [-0.4, -0.2) is 35.9 Å². The molecule has 0 saturated carbocycles. The van der Waals surface area contributed by atoms with Gasteiger partial charge in [0, 0.05) is 25.4 Å². The lowest BCUT2D eigenvalue weighted by molar-refractivity contribution is 0.187. The van der Waals surface area contributed by atoms with Gasteiger partial charge in [0.15, 0.2) is 0 Å². The first kappa shape index (κ1) is 17.6. The van der Waals surface area contributed by atoms with Crippen molar-refractivity contribution in [2.45, 2.75) is 19.6 Å². The monoisotopic (exact) mass is 331 g/mol. The van der Waals surface area contributed by atoms with Crippen molar-refractivity contribution in [1.82, 2.24) is 15.6 Å². The van der Waals surface area contributed by atoms with E-state index in [1.54, 1.807) is 50.6 Å². The first-order chi connectivity index (χ1) is 11.6. The van der Waals surface area contributed by atoms with E-state index in [1.165, 1.54) is 0 Å². The second kappa shape index (κ2) is 8.73. The molecule has 1 heterocycles. The number of urea groups is 1. The normalized spacial score (nSPS) is 11.5. The number of hydrogen-bond donors (Lipinski definition) is 3. The Balaban J connectivity index is 1.82. The van der Waals surface area contributed by atoms with Crippen molar-refractivity contribution in [2.24, 2.45) is 0 Å². The highest BCUT2D eigenvalue weighted by Crippen LogP contribution is 2.22. The highest BCUT2D eigenvalue weighted by molar-refractivity contribution is 5.73. The molecule has 0 aliphatic heterocycles. The highest BCUT2D eigenvalue weighted by atomic mass is 16.5. The fraction of sp³-hybridized carbons (Fsp3) is 0.294. The van der Waals surface area contributed by atoms with Crippen LogP contribution >= 0.6 is 0 Å². The summed E-state index contributed by atoms with van der Waals surface area (Å²) in [6.07, 6.45) is 1.06. The van der Waals surface area contributed by atoms with E-state index in [1.807, 2.05) is 6.07 Å². The SMILES string of the molecule is COc1ccc(Oc2ccc(CNC(=O)NC[C@H](C)O)cn2)cc1. The molecule has 0 bridgehead atoms. The lowest BCUT2D eigenvalue weighted by atomic mass is 10.3. The first-order valence-corrected chi connectivity index (χ1v) is 7.53. The van der Waals surface area contributed by atoms with E-state index in [4.69, 9.17) is 14.6 Å². The zero-order valence-corrected chi connectivity index (χ0v) is 13.7. The summed E-state index contributed by atoms with van der Waals surface area (Å²) in [4.78, 5) is 15.7. The van der Waals surface area contributed by atoms with Gasteiger partial charge in [0.25, 0.3) is 0 Å². The number of pyridine rings is 1. The molecular formula is C17H21N3O4. The van der Waals surface area contributed by atoms with E-state index >= 15 is 0 Å². The standard InChI is InChI=1S/C17H21N3O4/c1-12(21)9-19-17(22)20-11-13-3-8-16(18-10-13)24-15-6-4-14(23-2)5-7-15/h3-8,10,12,21H,9,11H2,1-2H3,(H2,19,20,22)/t12-/m0/s1. The molecule has 2 aromatic rings. The van der Waals surface area contributed by atoms with Crippen molar-refractivity contribution in [3.63, 3.8) is 0 Å². The first-order valence-electron chi connectivity index (χ1n) is 7.53. The second-order valence-corrected chi connectivity index (χ2v) is 5.19. The molecule has 7 heteroatoms. The summed E-state index contributed by atoms with van der Waals surface area (Å²) in [6, 6.07) is 10.4. The lowest BCUT2D eigenvalue weighted by Crippen LogP contribution is -2.38. The van der Waals surface area contributed by atoms with Crippen LogP contribution in [0.5, 0.6) is 17.4 Å². The van der Waals surface area contributed by atoms with E-state index in [-0.39, 0.29) is 12.6 Å². The number of nitrogens with one attached hydrogen (secondary N) is 2. The van der Waals surface area contributed by atoms with Gasteiger partial charge in [0.2, 0.25) is 5.88 Å². The van der Waals surface area contributed by atoms with E-state index in [0.29, 0.717) is 18.2 Å². The third-order valence-corrected chi connectivity index (χ3v) is 3.09. The molecule has 2 amide bonds. The summed E-state index contributed by atoms with van der Waals surface area (Å²) in [5, 5.41) is 14.3. The molecule has 128 valence electrons. The Hall–Kier alpha value is -2.80. The Morgan fingerprint density at radius 3 is 2.46 bits per heavy atom. The molecule has 7 nitrogen and oxygen atoms in total. The molecule has 1 atom stereocenters. The van der Waals surface area contributed by atoms with Gasteiger partial charge in [0.05, 0.1) is 13.2 Å². The van der Waals surface area contributed by atoms with Crippen molar-refractivity contribution in [3.8, 4) is 17.4 Å². The third-order valence-electron chi connectivity index (χ3n) is 3.09. The van der Waals surface area contributed by atoms with Crippen LogP contribution < -0.4 is 20.1 Å². The quantitative estimate of drug-likeness (QED) is 0.722. The predicted octanol–water partition coefficient (Wildman–Crippen LogP) is 2.06. The van der Waals surface area contributed by atoms with Crippen molar-refractivity contribution in [1.29, 1.82) is 0 Å². The Labute approximate surface area is 140 Å². The largest absolute Gasteiger partial charge is 0.497 e. The van der Waals surface area contributed by atoms with Gasteiger partial charge in [-0.25, -0.2) is 9.78 Å². The lowest BCUT2D eigenvalue weighted by Gasteiger charge is -2.09. The van der Waals surface area contributed by atoms with Crippen LogP contribution in [0, 0.1) is 0 Å². The van der Waals surface area contributed by atoms with Gasteiger partial charge in [-0.15, -0.1) is 0 Å². The van der Waals surface area contributed by atoms with E-state index < -0.39 is 6.10 Å². The summed E-state index contributed by atoms with van der Waals surface area (Å²) in [7, 11) is 1.61. The number of carbonyl (C=O) groups excluding carboxylic acids is 1. The van der Waals surface area contributed by atoms with Gasteiger partial charge in [-0.1, -0.05) is 6.07 Å². The number of amides is 2. The van der Waals surface area contributed by atoms with Crippen LogP contribution in [0.3, 0.4) is 0 Å². The molecule has 1 aromatic heterocycles. The number of ether oxygens (including phenoxy) is 2. The summed E-state index contributed by atoms with van der Waals surface area (Å²) in [5.41, 5.74) is 0.837. The number of aromatic nitrogens is 1. The molecule has 0 aliphatic rings. The smallest absolute Gasteiger partial charge is 0.315 e. The number of methoxy groups -OCH3 is 1. The van der Waals surface area contributed by atoms with Gasteiger partial charge in [-0.05, 0) is 36.8 Å². The van der Waals surface area contributed by atoms with E-state index in [9.17, 15) is 4.79 Å². The molecule has 0 aliphatic carbocycles. The maximum absolute atomic E-state index is 11.5. The molecule has 0 radical (unpaired) electrons. The fourth-order valence-corrected chi connectivity index (χ4v) is 1.83. The number of aliphatic hydroxyl groups is 1. The summed E-state index contributed by atoms with van der Waals surface area (Å²) in [6.45, 7) is 2.14. The van der Waals surface area contributed by atoms with Gasteiger partial charge >= 0.3 is 6.03 Å². The van der Waals surface area contributed by atoms with Crippen LogP contribution in [0.4, 0.5) is 4.79 Å². The van der Waals surface area contributed by atoms with E-state index in [2.05, 4.69) is 15.6 Å². The van der Waals surface area contributed by atoms with Crippen LogP contribution in [0.1, 0.15) is 12.5 Å². The van der Waals surface area contributed by atoms with Crippen LogP contribution in [0.15, 0.2) is 42.6 Å². The Kier molecular flexibility index (Phi) is 6.39. The van der Waals surface area contributed by atoms with Gasteiger partial charge in [-0.2, -0.15) is 0 Å². The van der Waals surface area contributed by atoms with Crippen molar-refractivity contribution < 1.29 is 19.4 Å². The maximum atomic E-state index is 11.5. The maximum Gasteiger partial charge on any atom is 0.315 e. The number of carbonyl (C=O) groups is 1. The molecule has 0 saturated heterocycles. The summed E-state index contributed by atoms with van der Waals surface area (Å²) >= 11 is 0. The molecule has 0 fully saturated rings. The van der Waals surface area contributed by atoms with Crippen LogP contribution in [-0.2, 0) is 6.54 Å². The fourth-order valence-electron chi connectivity index (χ4n) is 1.83. The van der Waals surface area contributed by atoms with Gasteiger partial charge < -0.3 is 25.2 Å². The van der Waals surface area contributed by atoms with E-state index in [0.717, 1.165) is 11.3 Å². The number of benzene rings is 1. The Morgan fingerprint density at radius 2 is 1.88 bits per heavy atom. The third kappa shape index (κ3) is 5.77. The minimum Gasteiger partial charge on any atom is -0.497 e. The number of aliphatic hydroxyl groups excluding tert-OH is 1. The average Bonchev–Trinajstić information content (AvgIpc) is 2.60. The van der Waals surface area contributed by atoms with Crippen molar-refractivity contribution in [3.05, 3.63) is 48.2 Å². The average molecular weight is 331 g/mol. The molecular weight excluding hydrogens is 310 g/mol. The number of nitrogens with zero attached hydrogens (tertiary/aromatic N) is 1. The minimum absolute atomic E-state index is 0.207. The summed E-state index contributed by atoms with van der Waals surface area (Å²) in [5.74, 6) is 1.87. The second-order valence-electron chi connectivity index (χ2n) is 5.19. The Morgan fingerprint density at radius 1 is 1.17 bits per heavy atom. The molecule has 24 heavy (non-hydrogen) atoms. The van der Waals surface area contributed by atoms with Crippen LogP contribution in [0.2, 0.25) is 0 Å². The van der Waals surface area contributed by atoms with Gasteiger partial charge in [0.1, 0.15) is 11.5 Å². The molecule has 0 unspecified atom stereocenters.